The van der Waals surface area contributed by atoms with E-state index in [1.165, 1.54) is 12.3 Å². The molecule has 1 amide bonds. The molecule has 4 rings (SSSR count). The van der Waals surface area contributed by atoms with Gasteiger partial charge in [-0.2, -0.15) is 5.26 Å². The Morgan fingerprint density at radius 1 is 1.18 bits per heavy atom. The lowest BCUT2D eigenvalue weighted by Gasteiger charge is -2.36. The zero-order chi connectivity index (χ0) is 24.5. The Kier molecular flexibility index (Phi) is 6.37. The minimum absolute atomic E-state index is 0.218. The minimum atomic E-state index is -1.08. The number of benzene rings is 1. The number of aliphatic hydroxyl groups is 1. The smallest absolute Gasteiger partial charge is 0.306 e. The van der Waals surface area contributed by atoms with Crippen LogP contribution < -0.4 is 5.32 Å². The first-order valence-corrected chi connectivity index (χ1v) is 11.8. The summed E-state index contributed by atoms with van der Waals surface area (Å²) in [6, 6.07) is 9.11. The van der Waals surface area contributed by atoms with Crippen LogP contribution in [-0.4, -0.2) is 27.1 Å². The molecule has 0 unspecified atom stereocenters. The zero-order valence-corrected chi connectivity index (χ0v) is 19.6. The first-order valence-electron chi connectivity index (χ1n) is 11.8. The van der Waals surface area contributed by atoms with E-state index < -0.39 is 17.5 Å². The van der Waals surface area contributed by atoms with E-state index in [2.05, 4.69) is 30.2 Å². The van der Waals surface area contributed by atoms with Crippen LogP contribution in [0.1, 0.15) is 86.0 Å². The van der Waals surface area contributed by atoms with Crippen LogP contribution in [0.25, 0.3) is 5.57 Å². The van der Waals surface area contributed by atoms with Crippen molar-refractivity contribution in [2.75, 3.05) is 5.32 Å². The number of hydrogen-bond acceptors (Lipinski definition) is 4. The maximum Gasteiger partial charge on any atom is 0.306 e. The van der Waals surface area contributed by atoms with Gasteiger partial charge in [-0.1, -0.05) is 26.0 Å². The maximum atomic E-state index is 12.9. The number of aromatic amines is 1. The third-order valence-electron chi connectivity index (χ3n) is 7.34. The van der Waals surface area contributed by atoms with Gasteiger partial charge in [-0.3, -0.25) is 9.59 Å². The fourth-order valence-electron chi connectivity index (χ4n) is 4.94. The number of carbonyl (C=O) groups is 2. The number of nitrogens with zero attached hydrogens (tertiary/aromatic N) is 1. The lowest BCUT2D eigenvalue weighted by molar-refractivity contribution is -0.145. The number of H-pyrrole nitrogens is 1. The highest BCUT2D eigenvalue weighted by atomic mass is 16.4. The average molecular weight is 462 g/mol. The molecule has 0 spiro atoms. The van der Waals surface area contributed by atoms with Crippen molar-refractivity contribution in [3.05, 3.63) is 58.9 Å². The number of nitriles is 1. The van der Waals surface area contributed by atoms with E-state index in [1.54, 1.807) is 0 Å². The summed E-state index contributed by atoms with van der Waals surface area (Å²) in [6.45, 7) is 4.47. The van der Waals surface area contributed by atoms with Gasteiger partial charge in [0, 0.05) is 17.4 Å². The molecular formula is C27H31N3O4. The summed E-state index contributed by atoms with van der Waals surface area (Å²) in [4.78, 5) is 27.0. The Morgan fingerprint density at radius 3 is 2.50 bits per heavy atom. The van der Waals surface area contributed by atoms with Crippen molar-refractivity contribution in [1.29, 1.82) is 5.26 Å². The van der Waals surface area contributed by atoms with E-state index in [4.69, 9.17) is 5.26 Å². The third-order valence-corrected chi connectivity index (χ3v) is 7.34. The molecule has 0 atom stereocenters. The number of anilines is 1. The number of hydrogen-bond donors (Lipinski definition) is 4. The largest absolute Gasteiger partial charge is 0.481 e. The number of carboxylic acids is 1. The summed E-state index contributed by atoms with van der Waals surface area (Å²) >= 11 is 0. The fourth-order valence-corrected chi connectivity index (χ4v) is 4.94. The van der Waals surface area contributed by atoms with Crippen molar-refractivity contribution in [1.82, 2.24) is 4.98 Å². The SMILES string of the molecule is CC1(C)CC=C(c2cc([C@]3(O)CC[C@H](C(=O)O)CC3)ccc2NC(=O)c2cc(C#N)c[nH]2)CC1. The fraction of sp³-hybridized carbons (Fsp3) is 0.444. The molecule has 0 radical (unpaired) electrons. The van der Waals surface area contributed by atoms with E-state index >= 15 is 0 Å². The Morgan fingerprint density at radius 2 is 1.91 bits per heavy atom. The number of allylic oxidation sites excluding steroid dienone is 2. The molecule has 2 aliphatic carbocycles. The number of carbonyl (C=O) groups excluding carboxylic acids is 1. The lowest BCUT2D eigenvalue weighted by atomic mass is 9.73. The van der Waals surface area contributed by atoms with Crippen molar-refractivity contribution >= 4 is 23.1 Å². The van der Waals surface area contributed by atoms with Gasteiger partial charge in [0.25, 0.3) is 5.91 Å². The molecule has 1 fully saturated rings. The van der Waals surface area contributed by atoms with Gasteiger partial charge in [0.1, 0.15) is 11.8 Å². The predicted molar refractivity (Wildman–Crippen MR) is 129 cm³/mol. The maximum absolute atomic E-state index is 12.9. The molecule has 7 heteroatoms. The van der Waals surface area contributed by atoms with Gasteiger partial charge in [0.05, 0.1) is 17.1 Å². The molecule has 0 saturated heterocycles. The minimum Gasteiger partial charge on any atom is -0.481 e. The van der Waals surface area contributed by atoms with Crippen LogP contribution in [0.2, 0.25) is 0 Å². The Labute approximate surface area is 199 Å². The molecule has 0 aliphatic heterocycles. The van der Waals surface area contributed by atoms with Gasteiger partial charge < -0.3 is 20.5 Å². The van der Waals surface area contributed by atoms with Gasteiger partial charge in [-0.05, 0) is 79.7 Å². The van der Waals surface area contributed by atoms with E-state index in [0.29, 0.717) is 42.6 Å². The molecule has 7 nitrogen and oxygen atoms in total. The number of amides is 1. The highest BCUT2D eigenvalue weighted by molar-refractivity contribution is 6.04. The third kappa shape index (κ3) is 4.92. The number of aliphatic carboxylic acids is 1. The van der Waals surface area contributed by atoms with Crippen LogP contribution in [0.5, 0.6) is 0 Å². The van der Waals surface area contributed by atoms with Crippen LogP contribution in [0, 0.1) is 22.7 Å². The first-order chi connectivity index (χ1) is 16.1. The molecule has 4 N–H and O–H groups in total. The predicted octanol–water partition coefficient (Wildman–Crippen LogP) is 5.19. The van der Waals surface area contributed by atoms with Crippen LogP contribution in [0.4, 0.5) is 5.69 Å². The second-order valence-electron chi connectivity index (χ2n) is 10.4. The van der Waals surface area contributed by atoms with E-state index in [9.17, 15) is 19.8 Å². The highest BCUT2D eigenvalue weighted by Crippen LogP contribution is 2.44. The van der Waals surface area contributed by atoms with Crippen molar-refractivity contribution in [2.24, 2.45) is 11.3 Å². The second kappa shape index (κ2) is 9.11. The summed E-state index contributed by atoms with van der Waals surface area (Å²) in [7, 11) is 0. The standard InChI is InChI=1S/C27H31N3O4/c1-26(2)9-5-18(6-10-26)21-14-20(27(34)11-7-19(8-12-27)25(32)33)3-4-22(21)30-24(31)23-13-17(15-28)16-29-23/h3-5,13-14,16,19,29,34H,6-12H2,1-2H3,(H,30,31)(H,32,33)/t19-,27-. The molecule has 1 aromatic heterocycles. The van der Waals surface area contributed by atoms with Crippen LogP contribution in [0.15, 0.2) is 36.5 Å². The van der Waals surface area contributed by atoms with Crippen molar-refractivity contribution in [3.8, 4) is 6.07 Å². The summed E-state index contributed by atoms with van der Waals surface area (Å²) in [5.41, 5.74) is 3.23. The molecule has 34 heavy (non-hydrogen) atoms. The normalized spacial score (nSPS) is 24.1. The molecule has 2 aromatic rings. The van der Waals surface area contributed by atoms with Crippen LogP contribution >= 0.6 is 0 Å². The molecular weight excluding hydrogens is 430 g/mol. The average Bonchev–Trinajstić information content (AvgIpc) is 3.29. The Balaban J connectivity index is 1.66. The van der Waals surface area contributed by atoms with Gasteiger partial charge in [0.15, 0.2) is 0 Å². The quantitative estimate of drug-likeness (QED) is 0.487. The topological polar surface area (TPSA) is 126 Å². The van der Waals surface area contributed by atoms with Gasteiger partial charge in [-0.25, -0.2) is 0 Å². The Hall–Kier alpha value is -3.37. The van der Waals surface area contributed by atoms with Gasteiger partial charge in [0.2, 0.25) is 0 Å². The van der Waals surface area contributed by atoms with Crippen LogP contribution in [0.3, 0.4) is 0 Å². The molecule has 1 heterocycles. The van der Waals surface area contributed by atoms with Crippen LogP contribution in [-0.2, 0) is 10.4 Å². The zero-order valence-electron chi connectivity index (χ0n) is 19.6. The number of aromatic nitrogens is 1. The number of carboxylic acid groups (broad SMARTS) is 1. The number of nitrogens with one attached hydrogen (secondary N) is 2. The summed E-state index contributed by atoms with van der Waals surface area (Å²) in [6.07, 6.45) is 8.16. The second-order valence-corrected chi connectivity index (χ2v) is 10.4. The molecule has 1 aromatic carbocycles. The van der Waals surface area contributed by atoms with E-state index in [1.807, 2.05) is 24.3 Å². The number of rotatable bonds is 5. The summed E-state index contributed by atoms with van der Waals surface area (Å²) < 4.78 is 0. The van der Waals surface area contributed by atoms with E-state index in [-0.39, 0.29) is 11.3 Å². The molecule has 178 valence electrons. The van der Waals surface area contributed by atoms with Crippen molar-refractivity contribution in [2.45, 2.75) is 64.4 Å². The Bertz CT molecular complexity index is 1180. The molecule has 0 bridgehead atoms. The summed E-state index contributed by atoms with van der Waals surface area (Å²) in [5.74, 6) is -1.56. The lowest BCUT2D eigenvalue weighted by Crippen LogP contribution is -2.34. The van der Waals surface area contributed by atoms with Crippen molar-refractivity contribution < 1.29 is 19.8 Å². The van der Waals surface area contributed by atoms with Gasteiger partial charge in [-0.15, -0.1) is 0 Å². The summed E-state index contributed by atoms with van der Waals surface area (Å²) in [5, 5.41) is 32.7. The monoisotopic (exact) mass is 461 g/mol. The molecule has 2 aliphatic rings. The highest BCUT2D eigenvalue weighted by Gasteiger charge is 2.37. The van der Waals surface area contributed by atoms with Gasteiger partial charge >= 0.3 is 5.97 Å². The first kappa shape index (κ1) is 23.8. The molecule has 1 saturated carbocycles. The van der Waals surface area contributed by atoms with Crippen molar-refractivity contribution in [3.63, 3.8) is 0 Å². The van der Waals surface area contributed by atoms with E-state index in [0.717, 1.165) is 36.0 Å².